The fraction of sp³-hybridized carbons (Fsp3) is 0.316. The van der Waals surface area contributed by atoms with E-state index in [0.29, 0.717) is 22.2 Å². The van der Waals surface area contributed by atoms with E-state index >= 15 is 0 Å². The number of hydrogen-bond acceptors (Lipinski definition) is 3. The van der Waals surface area contributed by atoms with Gasteiger partial charge in [-0.15, -0.1) is 0 Å². The Balaban J connectivity index is 2.27. The smallest absolute Gasteiger partial charge is 0.232 e. The summed E-state index contributed by atoms with van der Waals surface area (Å²) in [6.45, 7) is 4.04. The molecule has 5 heteroatoms. The van der Waals surface area contributed by atoms with Crippen LogP contribution in [0.4, 0.5) is 5.69 Å². The summed E-state index contributed by atoms with van der Waals surface area (Å²) in [5.41, 5.74) is 1.54. The highest BCUT2D eigenvalue weighted by Gasteiger charge is 2.25. The standard InChI is InChI=1S/C19H22ClNO3/c1-12(2)18(13-5-7-14(20)8-6-13)19(22)21-16-10-9-15(23-3)11-17(16)24-4/h5-12,18H,1-4H3,(H,21,22). The number of halogens is 1. The molecule has 0 fully saturated rings. The monoisotopic (exact) mass is 347 g/mol. The quantitative estimate of drug-likeness (QED) is 0.821. The number of rotatable bonds is 6. The van der Waals surface area contributed by atoms with Crippen molar-refractivity contribution in [3.63, 3.8) is 0 Å². The van der Waals surface area contributed by atoms with Crippen molar-refractivity contribution in [2.45, 2.75) is 19.8 Å². The largest absolute Gasteiger partial charge is 0.497 e. The van der Waals surface area contributed by atoms with Crippen LogP contribution in [-0.4, -0.2) is 20.1 Å². The normalized spacial score (nSPS) is 11.9. The molecule has 0 aliphatic rings. The fourth-order valence-electron chi connectivity index (χ4n) is 2.62. The number of carbonyl (C=O) groups excluding carboxylic acids is 1. The van der Waals surface area contributed by atoms with Crippen LogP contribution in [0.2, 0.25) is 5.02 Å². The summed E-state index contributed by atoms with van der Waals surface area (Å²) in [6, 6.07) is 12.7. The Hall–Kier alpha value is -2.20. The third kappa shape index (κ3) is 4.20. The van der Waals surface area contributed by atoms with Crippen molar-refractivity contribution in [1.82, 2.24) is 0 Å². The molecule has 0 heterocycles. The predicted molar refractivity (Wildman–Crippen MR) is 97.2 cm³/mol. The molecule has 0 aromatic heterocycles. The van der Waals surface area contributed by atoms with Gasteiger partial charge in [0, 0.05) is 11.1 Å². The van der Waals surface area contributed by atoms with Gasteiger partial charge in [-0.25, -0.2) is 0 Å². The summed E-state index contributed by atoms with van der Waals surface area (Å²) < 4.78 is 10.5. The van der Waals surface area contributed by atoms with Crippen molar-refractivity contribution in [1.29, 1.82) is 0 Å². The third-order valence-electron chi connectivity index (χ3n) is 3.84. The number of methoxy groups -OCH3 is 2. The minimum atomic E-state index is -0.283. The average Bonchev–Trinajstić information content (AvgIpc) is 2.57. The number of amides is 1. The van der Waals surface area contributed by atoms with Gasteiger partial charge in [-0.1, -0.05) is 37.6 Å². The van der Waals surface area contributed by atoms with E-state index in [9.17, 15) is 4.79 Å². The number of nitrogens with one attached hydrogen (secondary N) is 1. The predicted octanol–water partition coefficient (Wildman–Crippen LogP) is 4.74. The van der Waals surface area contributed by atoms with Crippen molar-refractivity contribution in [3.8, 4) is 11.5 Å². The molecule has 1 atom stereocenters. The van der Waals surface area contributed by atoms with Crippen LogP contribution in [0.25, 0.3) is 0 Å². The Morgan fingerprint density at radius 3 is 2.25 bits per heavy atom. The zero-order valence-corrected chi connectivity index (χ0v) is 15.1. The van der Waals surface area contributed by atoms with Crippen LogP contribution in [0, 0.1) is 5.92 Å². The number of anilines is 1. The molecule has 0 bridgehead atoms. The summed E-state index contributed by atoms with van der Waals surface area (Å²) in [6.07, 6.45) is 0. The number of benzene rings is 2. The van der Waals surface area contributed by atoms with Gasteiger partial charge in [0.1, 0.15) is 11.5 Å². The third-order valence-corrected chi connectivity index (χ3v) is 4.10. The first-order valence-electron chi connectivity index (χ1n) is 7.74. The lowest BCUT2D eigenvalue weighted by Crippen LogP contribution is -2.25. The molecular formula is C19H22ClNO3. The fourth-order valence-corrected chi connectivity index (χ4v) is 2.75. The second-order valence-electron chi connectivity index (χ2n) is 5.83. The molecular weight excluding hydrogens is 326 g/mol. The van der Waals surface area contributed by atoms with E-state index < -0.39 is 0 Å². The Bertz CT molecular complexity index is 698. The van der Waals surface area contributed by atoms with Crippen molar-refractivity contribution < 1.29 is 14.3 Å². The van der Waals surface area contributed by atoms with Gasteiger partial charge in [0.15, 0.2) is 0 Å². The average molecular weight is 348 g/mol. The lowest BCUT2D eigenvalue weighted by molar-refractivity contribution is -0.118. The topological polar surface area (TPSA) is 47.6 Å². The zero-order valence-electron chi connectivity index (χ0n) is 14.3. The highest BCUT2D eigenvalue weighted by Crippen LogP contribution is 2.32. The van der Waals surface area contributed by atoms with E-state index in [4.69, 9.17) is 21.1 Å². The van der Waals surface area contributed by atoms with Gasteiger partial charge in [-0.2, -0.15) is 0 Å². The Kier molecular flexibility index (Phi) is 6.10. The second kappa shape index (κ2) is 8.06. The highest BCUT2D eigenvalue weighted by atomic mass is 35.5. The van der Waals surface area contributed by atoms with Gasteiger partial charge in [-0.3, -0.25) is 4.79 Å². The summed E-state index contributed by atoms with van der Waals surface area (Å²) in [7, 11) is 3.14. The van der Waals surface area contributed by atoms with Crippen LogP contribution in [0.3, 0.4) is 0 Å². The molecule has 1 unspecified atom stereocenters. The van der Waals surface area contributed by atoms with Crippen molar-refractivity contribution in [2.24, 2.45) is 5.92 Å². The minimum absolute atomic E-state index is 0.0872. The van der Waals surface area contributed by atoms with Gasteiger partial charge in [-0.05, 0) is 35.7 Å². The van der Waals surface area contributed by atoms with Crippen LogP contribution < -0.4 is 14.8 Å². The molecule has 2 rings (SSSR count). The molecule has 4 nitrogen and oxygen atoms in total. The maximum Gasteiger partial charge on any atom is 0.232 e. The molecule has 128 valence electrons. The first-order valence-corrected chi connectivity index (χ1v) is 8.12. The van der Waals surface area contributed by atoms with Crippen molar-refractivity contribution in [2.75, 3.05) is 19.5 Å². The molecule has 0 spiro atoms. The molecule has 0 saturated carbocycles. The first-order chi connectivity index (χ1) is 11.5. The van der Waals surface area contributed by atoms with E-state index in [1.807, 2.05) is 26.0 Å². The lowest BCUT2D eigenvalue weighted by atomic mass is 9.87. The number of ether oxygens (including phenoxy) is 2. The van der Waals surface area contributed by atoms with Crippen LogP contribution >= 0.6 is 11.6 Å². The maximum atomic E-state index is 12.8. The lowest BCUT2D eigenvalue weighted by Gasteiger charge is -2.21. The van der Waals surface area contributed by atoms with Crippen molar-refractivity contribution in [3.05, 3.63) is 53.1 Å². The maximum absolute atomic E-state index is 12.8. The summed E-state index contributed by atoms with van der Waals surface area (Å²) >= 11 is 5.94. The molecule has 0 aliphatic carbocycles. The zero-order chi connectivity index (χ0) is 17.7. The summed E-state index contributed by atoms with van der Waals surface area (Å²) in [5, 5.41) is 3.61. The van der Waals surface area contributed by atoms with Crippen LogP contribution in [0.1, 0.15) is 25.3 Å². The van der Waals surface area contributed by atoms with Gasteiger partial charge in [0.25, 0.3) is 0 Å². The molecule has 0 saturated heterocycles. The molecule has 24 heavy (non-hydrogen) atoms. The minimum Gasteiger partial charge on any atom is -0.497 e. The Morgan fingerprint density at radius 1 is 1.04 bits per heavy atom. The Morgan fingerprint density at radius 2 is 1.71 bits per heavy atom. The van der Waals surface area contributed by atoms with Gasteiger partial charge in [0.05, 0.1) is 25.8 Å². The van der Waals surface area contributed by atoms with E-state index in [1.165, 1.54) is 0 Å². The highest BCUT2D eigenvalue weighted by molar-refractivity contribution is 6.30. The second-order valence-corrected chi connectivity index (χ2v) is 6.27. The molecule has 0 radical (unpaired) electrons. The van der Waals surface area contributed by atoms with Gasteiger partial charge >= 0.3 is 0 Å². The first kappa shape index (κ1) is 18.1. The van der Waals surface area contributed by atoms with Crippen LogP contribution in [0.5, 0.6) is 11.5 Å². The van der Waals surface area contributed by atoms with E-state index in [-0.39, 0.29) is 17.7 Å². The molecule has 0 aliphatic heterocycles. The van der Waals surface area contributed by atoms with E-state index in [0.717, 1.165) is 5.56 Å². The Labute approximate surface area is 147 Å². The van der Waals surface area contributed by atoms with E-state index in [1.54, 1.807) is 44.6 Å². The van der Waals surface area contributed by atoms with Crippen molar-refractivity contribution >= 4 is 23.2 Å². The SMILES string of the molecule is COc1ccc(NC(=O)C(c2ccc(Cl)cc2)C(C)C)c(OC)c1. The summed E-state index contributed by atoms with van der Waals surface area (Å²) in [4.78, 5) is 12.8. The van der Waals surface area contributed by atoms with Crippen LogP contribution in [0.15, 0.2) is 42.5 Å². The van der Waals surface area contributed by atoms with Gasteiger partial charge < -0.3 is 14.8 Å². The molecule has 1 amide bonds. The van der Waals surface area contributed by atoms with Gasteiger partial charge in [0.2, 0.25) is 5.91 Å². The van der Waals surface area contributed by atoms with Crippen LogP contribution in [-0.2, 0) is 4.79 Å². The summed E-state index contributed by atoms with van der Waals surface area (Å²) in [5.74, 6) is 0.990. The molecule has 2 aromatic carbocycles. The number of hydrogen-bond donors (Lipinski definition) is 1. The molecule has 2 aromatic rings. The number of carbonyl (C=O) groups is 1. The molecule has 1 N–H and O–H groups in total. The van der Waals surface area contributed by atoms with E-state index in [2.05, 4.69) is 5.32 Å².